The first-order chi connectivity index (χ1) is 33.9. The van der Waals surface area contributed by atoms with E-state index >= 15 is 0 Å². The molecule has 7 aromatic carbocycles. The summed E-state index contributed by atoms with van der Waals surface area (Å²) < 4.78 is 2.91. The molecule has 3 heteroatoms. The zero-order valence-electron chi connectivity index (χ0n) is 41.8. The van der Waals surface area contributed by atoms with Crippen molar-refractivity contribution in [1.82, 2.24) is 4.48 Å². The molecule has 2 spiro atoms. The van der Waals surface area contributed by atoms with E-state index in [-0.39, 0.29) is 17.7 Å². The summed E-state index contributed by atoms with van der Waals surface area (Å²) in [5, 5.41) is 8.51. The molecule has 4 atom stereocenters. The highest BCUT2D eigenvalue weighted by Gasteiger charge is 2.78. The van der Waals surface area contributed by atoms with Gasteiger partial charge in [0.25, 0.3) is 0 Å². The normalized spacial score (nSPS) is 35.8. The number of aromatic nitrogens is 1. The number of nitrogens with zero attached hydrogens (tertiary/aromatic N) is 2. The predicted molar refractivity (Wildman–Crippen MR) is 290 cm³/mol. The van der Waals surface area contributed by atoms with Gasteiger partial charge in [0, 0.05) is 44.1 Å². The second-order valence-corrected chi connectivity index (χ2v) is 27.9. The maximum absolute atomic E-state index is 2.91. The first kappa shape index (κ1) is 38.4. The fraction of sp³-hybridized carbons (Fsp3) is 0.433. The molecule has 0 radical (unpaired) electrons. The number of benzene rings is 7. The second kappa shape index (κ2) is 11.5. The van der Waals surface area contributed by atoms with Crippen LogP contribution in [-0.4, -0.2) is 11.3 Å². The molecule has 3 heterocycles. The van der Waals surface area contributed by atoms with Gasteiger partial charge in [-0.1, -0.05) is 100 Å². The minimum Gasteiger partial charge on any atom is -0.375 e. The highest BCUT2D eigenvalue weighted by Crippen LogP contribution is 2.86. The van der Waals surface area contributed by atoms with Crippen molar-refractivity contribution in [3.63, 3.8) is 0 Å². The molecule has 0 N–H and O–H groups in total. The molecule has 8 fully saturated rings. The van der Waals surface area contributed by atoms with Crippen LogP contribution < -0.4 is 15.8 Å². The summed E-state index contributed by atoms with van der Waals surface area (Å²) in [5.74, 6) is 5.91. The van der Waals surface area contributed by atoms with E-state index in [2.05, 4.69) is 153 Å². The number of aryl methyl sites for hydroxylation is 1. The fourth-order valence-corrected chi connectivity index (χ4v) is 21.7. The molecule has 11 aliphatic rings. The third-order valence-corrected chi connectivity index (χ3v) is 24.8. The lowest BCUT2D eigenvalue weighted by Crippen LogP contribution is -2.59. The molecule has 19 rings (SSSR count). The topological polar surface area (TPSA) is 8.17 Å². The van der Waals surface area contributed by atoms with E-state index in [1.54, 1.807) is 22.1 Å². The Morgan fingerprint density at radius 1 is 0.529 bits per heavy atom. The van der Waals surface area contributed by atoms with Gasteiger partial charge in [0.2, 0.25) is 0 Å². The number of rotatable bonds is 3. The van der Waals surface area contributed by atoms with Gasteiger partial charge in [-0.2, -0.15) is 0 Å². The van der Waals surface area contributed by atoms with Crippen LogP contribution in [0.25, 0.3) is 54.5 Å². The molecule has 2 aliphatic heterocycles. The Balaban J connectivity index is 0.941. The van der Waals surface area contributed by atoms with Crippen LogP contribution in [0, 0.1) is 53.3 Å². The molecular weight excluding hydrogens is 844 g/mol. The highest BCUT2D eigenvalue weighted by molar-refractivity contribution is 6.90. The van der Waals surface area contributed by atoms with Crippen molar-refractivity contribution in [2.45, 2.75) is 133 Å². The van der Waals surface area contributed by atoms with Gasteiger partial charge in [0.1, 0.15) is 0 Å². The largest absolute Gasteiger partial charge is 0.375 e. The van der Waals surface area contributed by atoms with Crippen LogP contribution in [-0.2, 0) is 21.7 Å². The quantitative estimate of drug-likeness (QED) is 0.160. The zero-order chi connectivity index (χ0) is 46.0. The van der Waals surface area contributed by atoms with Gasteiger partial charge >= 0.3 is 6.85 Å². The van der Waals surface area contributed by atoms with Crippen molar-refractivity contribution < 1.29 is 0 Å². The number of anilines is 3. The highest BCUT2D eigenvalue weighted by atomic mass is 15.2. The van der Waals surface area contributed by atoms with E-state index in [0.29, 0.717) is 21.7 Å². The molecule has 9 aliphatic carbocycles. The van der Waals surface area contributed by atoms with Crippen molar-refractivity contribution in [1.29, 1.82) is 0 Å². The molecular formula is C67H63BN2. The van der Waals surface area contributed by atoms with Crippen LogP contribution in [0.15, 0.2) is 109 Å². The number of hydrogen-bond donors (Lipinski definition) is 0. The van der Waals surface area contributed by atoms with Crippen LogP contribution in [0.2, 0.25) is 0 Å². The van der Waals surface area contributed by atoms with Gasteiger partial charge in [0.15, 0.2) is 0 Å². The summed E-state index contributed by atoms with van der Waals surface area (Å²) >= 11 is 0. The van der Waals surface area contributed by atoms with E-state index in [9.17, 15) is 0 Å². The van der Waals surface area contributed by atoms with Crippen molar-refractivity contribution in [3.8, 4) is 11.1 Å². The first-order valence-electron chi connectivity index (χ1n) is 28.1. The molecule has 70 heavy (non-hydrogen) atoms. The van der Waals surface area contributed by atoms with Crippen molar-refractivity contribution >= 4 is 78.2 Å². The standard InChI is InChI=1S/C67H63BN2/c1-36-20-52-53(63(4,5)19-18-62(52,2)3)29-56(36)69-57-21-38-11-7-8-12-47(38)58-51-28-40(65-32-45-24-42-25-46(33-65)67(42,45)35-65)27-50-49-26-39(64-30-43-22-41-23-44(31-64)66(41,43)34-64)15-17-55(49)70(60(50)51)68(59(57)58)54-16-14-37-10-6-9-13-48(37)61(54)69/h6-17,20-21,26-29,41-46H,18-19,22-25,30-35H2,1-5H3. The maximum atomic E-state index is 2.91. The average Bonchev–Trinajstić information content (AvgIpc) is 4.13. The minimum atomic E-state index is 0.0351. The molecule has 8 aromatic rings. The number of hydrogen-bond acceptors (Lipinski definition) is 1. The van der Waals surface area contributed by atoms with E-state index in [1.807, 2.05) is 0 Å². The Hall–Kier alpha value is -5.28. The summed E-state index contributed by atoms with van der Waals surface area (Å²) in [5.41, 5.74) is 23.0. The SMILES string of the molecule is Cc1cc2c(cc1N1c3cc4ccccc4c4c3B(c3ccc5ccccc5c31)n1c3ccc(C56CC7CC8CC(C5)C87C6)cc3c3cc(C56CC7CC8CC(C5)C87C6)cc-4c31)C(C)(C)CCC2(C)C. The smallest absolute Gasteiger partial charge is 0.333 e. The lowest BCUT2D eigenvalue weighted by atomic mass is 9.38. The molecule has 1 aromatic heterocycles. The van der Waals surface area contributed by atoms with Crippen LogP contribution in [0.3, 0.4) is 0 Å². The Labute approximate surface area is 413 Å². The summed E-state index contributed by atoms with van der Waals surface area (Å²) in [6.45, 7) is 12.4. The summed E-state index contributed by atoms with van der Waals surface area (Å²) in [7, 11) is 0. The molecule has 4 unspecified atom stereocenters. The Kier molecular flexibility index (Phi) is 6.30. The van der Waals surface area contributed by atoms with Crippen molar-refractivity contribution in [3.05, 3.63) is 137 Å². The van der Waals surface area contributed by atoms with E-state index in [0.717, 1.165) is 35.5 Å². The van der Waals surface area contributed by atoms with Crippen molar-refractivity contribution in [2.75, 3.05) is 4.90 Å². The maximum Gasteiger partial charge on any atom is 0.333 e. The van der Waals surface area contributed by atoms with Crippen molar-refractivity contribution in [2.24, 2.45) is 46.3 Å². The fourth-order valence-electron chi connectivity index (χ4n) is 21.7. The summed E-state index contributed by atoms with van der Waals surface area (Å²) in [4.78, 5) is 2.79. The monoisotopic (exact) mass is 907 g/mol. The third-order valence-electron chi connectivity index (χ3n) is 24.8. The van der Waals surface area contributed by atoms with Gasteiger partial charge in [0.05, 0.1) is 5.69 Å². The Morgan fingerprint density at radius 2 is 1.14 bits per heavy atom. The number of fused-ring (bicyclic) bond motifs is 14. The lowest BCUT2D eigenvalue weighted by Gasteiger charge is -2.66. The molecule has 0 amide bonds. The van der Waals surface area contributed by atoms with E-state index in [4.69, 9.17) is 0 Å². The Bertz CT molecular complexity index is 3830. The van der Waals surface area contributed by atoms with Crippen LogP contribution in [0.1, 0.15) is 133 Å². The van der Waals surface area contributed by atoms with Gasteiger partial charge in [-0.15, -0.1) is 0 Å². The predicted octanol–water partition coefficient (Wildman–Crippen LogP) is 15.3. The van der Waals surface area contributed by atoms with Gasteiger partial charge < -0.3 is 9.38 Å². The Morgan fingerprint density at radius 3 is 1.81 bits per heavy atom. The van der Waals surface area contributed by atoms with Crippen LogP contribution in [0.4, 0.5) is 17.1 Å². The summed E-state index contributed by atoms with van der Waals surface area (Å²) in [6.07, 6.45) is 17.1. The molecule has 8 saturated carbocycles. The van der Waals surface area contributed by atoms with E-state index < -0.39 is 0 Å². The van der Waals surface area contributed by atoms with E-state index in [1.165, 1.54) is 165 Å². The molecule has 0 saturated heterocycles. The van der Waals surface area contributed by atoms with Crippen LogP contribution in [0.5, 0.6) is 0 Å². The van der Waals surface area contributed by atoms with Gasteiger partial charge in [-0.05, 0) is 249 Å². The second-order valence-electron chi connectivity index (χ2n) is 27.9. The third kappa shape index (κ3) is 3.96. The van der Waals surface area contributed by atoms with Crippen LogP contribution >= 0.6 is 0 Å². The van der Waals surface area contributed by atoms with Gasteiger partial charge in [-0.25, -0.2) is 0 Å². The zero-order valence-corrected chi connectivity index (χ0v) is 41.8. The first-order valence-corrected chi connectivity index (χ1v) is 28.1. The molecule has 4 bridgehead atoms. The molecule has 2 nitrogen and oxygen atoms in total. The molecule has 344 valence electrons. The summed E-state index contributed by atoms with van der Waals surface area (Å²) in [6, 6.07) is 45.5. The van der Waals surface area contributed by atoms with Gasteiger partial charge in [-0.3, -0.25) is 0 Å². The average molecular weight is 907 g/mol. The minimum absolute atomic E-state index is 0.0351. The lowest BCUT2D eigenvalue weighted by molar-refractivity contribution is -0.175.